The second-order valence-electron chi connectivity index (χ2n) is 11.0. The highest BCUT2D eigenvalue weighted by atomic mass is 16.6. The Morgan fingerprint density at radius 2 is 2.08 bits per heavy atom. The SMILES string of the molecule is C=CCN(C(=O)[C@@H]1N([C@@H](CO)CC(C)C)C(=O)[C@H]2[C@H](C(=O)OCC)[C@@H]3CC[C@]12O3)c1cc(C)ccc1C. The topological polar surface area (TPSA) is 96.4 Å². The molecule has 3 aliphatic heterocycles. The molecule has 2 bridgehead atoms. The largest absolute Gasteiger partial charge is 0.466 e. The van der Waals surface area contributed by atoms with E-state index >= 15 is 0 Å². The summed E-state index contributed by atoms with van der Waals surface area (Å²) in [4.78, 5) is 45.0. The monoisotopic (exact) mass is 512 g/mol. The number of rotatable bonds is 10. The fraction of sp³-hybridized carbons (Fsp3) is 0.621. The number of likely N-dealkylation sites (tertiary alicyclic amines) is 1. The number of aryl methyl sites for hydroxylation is 2. The minimum Gasteiger partial charge on any atom is -0.466 e. The van der Waals surface area contributed by atoms with Gasteiger partial charge in [0.15, 0.2) is 0 Å². The van der Waals surface area contributed by atoms with Gasteiger partial charge in [-0.2, -0.15) is 0 Å². The third-order valence-electron chi connectivity index (χ3n) is 8.11. The number of ether oxygens (including phenoxy) is 2. The van der Waals surface area contributed by atoms with Crippen molar-refractivity contribution in [1.29, 1.82) is 0 Å². The van der Waals surface area contributed by atoms with Crippen molar-refractivity contribution in [3.63, 3.8) is 0 Å². The summed E-state index contributed by atoms with van der Waals surface area (Å²) in [5.41, 5.74) is 1.53. The molecule has 0 aromatic heterocycles. The Balaban J connectivity index is 1.85. The first-order valence-corrected chi connectivity index (χ1v) is 13.4. The van der Waals surface area contributed by atoms with Crippen LogP contribution in [0.2, 0.25) is 0 Å². The summed E-state index contributed by atoms with van der Waals surface area (Å²) in [5, 5.41) is 10.4. The molecule has 2 amide bonds. The van der Waals surface area contributed by atoms with Crippen molar-refractivity contribution in [2.45, 2.75) is 77.7 Å². The van der Waals surface area contributed by atoms with Gasteiger partial charge in [-0.25, -0.2) is 0 Å². The molecule has 8 heteroatoms. The van der Waals surface area contributed by atoms with E-state index in [2.05, 4.69) is 6.58 Å². The predicted molar refractivity (Wildman–Crippen MR) is 140 cm³/mol. The number of esters is 1. The zero-order valence-corrected chi connectivity index (χ0v) is 22.6. The number of amides is 2. The molecule has 3 aliphatic rings. The summed E-state index contributed by atoms with van der Waals surface area (Å²) in [6, 6.07) is 4.38. The highest BCUT2D eigenvalue weighted by molar-refractivity contribution is 6.05. The van der Waals surface area contributed by atoms with Gasteiger partial charge >= 0.3 is 5.97 Å². The van der Waals surface area contributed by atoms with Crippen LogP contribution in [0, 0.1) is 31.6 Å². The molecule has 0 radical (unpaired) electrons. The van der Waals surface area contributed by atoms with Crippen molar-refractivity contribution in [2.24, 2.45) is 17.8 Å². The van der Waals surface area contributed by atoms with E-state index in [0.717, 1.165) is 16.8 Å². The third kappa shape index (κ3) is 4.48. The first-order chi connectivity index (χ1) is 17.6. The van der Waals surface area contributed by atoms with Crippen molar-refractivity contribution in [1.82, 2.24) is 4.90 Å². The lowest BCUT2D eigenvalue weighted by Gasteiger charge is -2.40. The minimum absolute atomic E-state index is 0.181. The van der Waals surface area contributed by atoms with Gasteiger partial charge in [0, 0.05) is 12.2 Å². The lowest BCUT2D eigenvalue weighted by Crippen LogP contribution is -2.59. The maximum Gasteiger partial charge on any atom is 0.312 e. The van der Waals surface area contributed by atoms with Gasteiger partial charge in [0.05, 0.1) is 37.2 Å². The number of nitrogens with zero attached hydrogens (tertiary/aromatic N) is 2. The van der Waals surface area contributed by atoms with Gasteiger partial charge < -0.3 is 24.4 Å². The molecule has 1 aromatic rings. The second-order valence-corrected chi connectivity index (χ2v) is 11.0. The van der Waals surface area contributed by atoms with Gasteiger partial charge in [0.25, 0.3) is 5.91 Å². The standard InChI is InChI=1S/C29H40N2O6/c1-7-13-30(21-15-18(5)9-10-19(21)6)27(34)25-29-12-11-22(37-29)23(28(35)36-8-2)24(29)26(33)31(25)20(16-32)14-17(3)4/h7,9-10,15,17,20,22-25,32H,1,8,11-14,16H2,2-6H3/t20-,22+,23-,24-,25+,29-/m1/s1. The molecular formula is C29H40N2O6. The van der Waals surface area contributed by atoms with E-state index in [-0.39, 0.29) is 37.5 Å². The number of hydrogen-bond donors (Lipinski definition) is 1. The Hall–Kier alpha value is -2.71. The van der Waals surface area contributed by atoms with Gasteiger partial charge in [-0.15, -0.1) is 6.58 Å². The second kappa shape index (κ2) is 10.6. The Morgan fingerprint density at radius 3 is 2.70 bits per heavy atom. The van der Waals surface area contributed by atoms with Crippen LogP contribution in [0.25, 0.3) is 0 Å². The molecule has 0 unspecified atom stereocenters. The number of hydrogen-bond acceptors (Lipinski definition) is 6. The molecule has 3 heterocycles. The summed E-state index contributed by atoms with van der Waals surface area (Å²) < 4.78 is 11.8. The van der Waals surface area contributed by atoms with E-state index in [1.807, 2.05) is 45.9 Å². The number of fused-ring (bicyclic) bond motifs is 1. The molecular weight excluding hydrogens is 472 g/mol. The first-order valence-electron chi connectivity index (χ1n) is 13.4. The maximum atomic E-state index is 14.6. The molecule has 1 aromatic carbocycles. The quantitative estimate of drug-likeness (QED) is 0.382. The fourth-order valence-corrected chi connectivity index (χ4v) is 6.68. The summed E-state index contributed by atoms with van der Waals surface area (Å²) in [5.74, 6) is -2.44. The summed E-state index contributed by atoms with van der Waals surface area (Å²) in [7, 11) is 0. The highest BCUT2D eigenvalue weighted by Gasteiger charge is 2.75. The van der Waals surface area contributed by atoms with Crippen molar-refractivity contribution >= 4 is 23.5 Å². The Kier molecular flexibility index (Phi) is 7.81. The van der Waals surface area contributed by atoms with Crippen molar-refractivity contribution in [3.8, 4) is 0 Å². The number of carbonyl (C=O) groups is 3. The molecule has 8 nitrogen and oxygen atoms in total. The van der Waals surface area contributed by atoms with E-state index in [1.165, 1.54) is 0 Å². The Morgan fingerprint density at radius 1 is 1.35 bits per heavy atom. The predicted octanol–water partition coefficient (Wildman–Crippen LogP) is 3.17. The van der Waals surface area contributed by atoms with E-state index in [9.17, 15) is 19.5 Å². The number of anilines is 1. The lowest BCUT2D eigenvalue weighted by atomic mass is 9.70. The maximum absolute atomic E-state index is 14.6. The molecule has 0 saturated carbocycles. The number of benzene rings is 1. The molecule has 37 heavy (non-hydrogen) atoms. The zero-order valence-electron chi connectivity index (χ0n) is 22.6. The van der Waals surface area contributed by atoms with Gasteiger partial charge in [-0.05, 0) is 63.1 Å². The van der Waals surface area contributed by atoms with E-state index < -0.39 is 41.6 Å². The Labute approximate surface area is 219 Å². The van der Waals surface area contributed by atoms with Gasteiger partial charge in [0.1, 0.15) is 11.6 Å². The summed E-state index contributed by atoms with van der Waals surface area (Å²) in [6.07, 6.45) is 2.79. The van der Waals surface area contributed by atoms with Crippen LogP contribution in [0.1, 0.15) is 51.2 Å². The summed E-state index contributed by atoms with van der Waals surface area (Å²) in [6.45, 7) is 13.7. The average Bonchev–Trinajstić information content (AvgIpc) is 3.49. The molecule has 6 atom stereocenters. The molecule has 1 spiro atoms. The molecule has 202 valence electrons. The third-order valence-corrected chi connectivity index (χ3v) is 8.11. The Bertz CT molecular complexity index is 1070. The van der Waals surface area contributed by atoms with Gasteiger partial charge in [0.2, 0.25) is 5.91 Å². The van der Waals surface area contributed by atoms with Crippen LogP contribution in [0.3, 0.4) is 0 Å². The lowest BCUT2D eigenvalue weighted by molar-refractivity contribution is -0.155. The van der Waals surface area contributed by atoms with Crippen molar-refractivity contribution in [2.75, 3.05) is 24.7 Å². The molecule has 3 saturated heterocycles. The van der Waals surface area contributed by atoms with Crippen LogP contribution in [0.15, 0.2) is 30.9 Å². The fourth-order valence-electron chi connectivity index (χ4n) is 6.68. The van der Waals surface area contributed by atoms with Gasteiger partial charge in [-0.3, -0.25) is 14.4 Å². The molecule has 1 N–H and O–H groups in total. The van der Waals surface area contributed by atoms with Gasteiger partial charge in [-0.1, -0.05) is 32.1 Å². The van der Waals surface area contributed by atoms with E-state index in [0.29, 0.717) is 19.3 Å². The highest BCUT2D eigenvalue weighted by Crippen LogP contribution is 2.59. The van der Waals surface area contributed by atoms with E-state index in [1.54, 1.807) is 22.8 Å². The summed E-state index contributed by atoms with van der Waals surface area (Å²) >= 11 is 0. The molecule has 0 aliphatic carbocycles. The van der Waals surface area contributed by atoms with Crippen LogP contribution in [0.4, 0.5) is 5.69 Å². The van der Waals surface area contributed by atoms with Crippen molar-refractivity contribution in [3.05, 3.63) is 42.0 Å². The molecule has 4 rings (SSSR count). The number of aliphatic hydroxyl groups is 1. The van der Waals surface area contributed by atoms with Crippen LogP contribution in [0.5, 0.6) is 0 Å². The van der Waals surface area contributed by atoms with Crippen molar-refractivity contribution < 1.29 is 29.0 Å². The smallest absolute Gasteiger partial charge is 0.312 e. The number of carbonyl (C=O) groups excluding carboxylic acids is 3. The van der Waals surface area contributed by atoms with Crippen LogP contribution < -0.4 is 4.90 Å². The molecule has 3 fully saturated rings. The zero-order chi connectivity index (χ0) is 27.1. The van der Waals surface area contributed by atoms with Crippen LogP contribution in [-0.2, 0) is 23.9 Å². The van der Waals surface area contributed by atoms with Crippen LogP contribution >= 0.6 is 0 Å². The van der Waals surface area contributed by atoms with E-state index in [4.69, 9.17) is 9.47 Å². The van der Waals surface area contributed by atoms with Crippen LogP contribution in [-0.4, -0.2) is 71.3 Å². The minimum atomic E-state index is -1.14. The average molecular weight is 513 g/mol. The first kappa shape index (κ1) is 27.3. The normalized spacial score (nSPS) is 28.9. The number of aliphatic hydroxyl groups excluding tert-OH is 1.